The number of aliphatic hydroxyl groups excluding tert-OH is 1. The van der Waals surface area contributed by atoms with Crippen LogP contribution in [0.5, 0.6) is 5.75 Å². The second-order valence-corrected chi connectivity index (χ2v) is 8.44. The van der Waals surface area contributed by atoms with Gasteiger partial charge in [0.15, 0.2) is 5.79 Å². The Morgan fingerprint density at radius 2 is 2.18 bits per heavy atom. The number of benzene rings is 1. The number of amides is 1. The smallest absolute Gasteiger partial charge is 0.282 e. The van der Waals surface area contributed by atoms with E-state index in [2.05, 4.69) is 6.58 Å². The van der Waals surface area contributed by atoms with Crippen LogP contribution in [0, 0.1) is 0 Å². The van der Waals surface area contributed by atoms with Gasteiger partial charge in [0.25, 0.3) is 5.24 Å². The molecule has 2 heterocycles. The number of methoxy groups -OCH3 is 1. The van der Waals surface area contributed by atoms with Crippen molar-refractivity contribution in [1.29, 1.82) is 0 Å². The number of ether oxygens (including phenoxy) is 2. The van der Waals surface area contributed by atoms with Gasteiger partial charge in [0.2, 0.25) is 0 Å². The Morgan fingerprint density at radius 1 is 1.43 bits per heavy atom. The summed E-state index contributed by atoms with van der Waals surface area (Å²) in [6.07, 6.45) is 4.12. The summed E-state index contributed by atoms with van der Waals surface area (Å²) in [6, 6.07) is 7.02. The Morgan fingerprint density at radius 3 is 2.86 bits per heavy atom. The molecule has 1 unspecified atom stereocenters. The van der Waals surface area contributed by atoms with E-state index in [0.29, 0.717) is 18.7 Å². The monoisotopic (exact) mass is 407 g/mol. The van der Waals surface area contributed by atoms with Gasteiger partial charge >= 0.3 is 0 Å². The Kier molecular flexibility index (Phi) is 7.04. The van der Waals surface area contributed by atoms with E-state index >= 15 is 0 Å². The van der Waals surface area contributed by atoms with Crippen LogP contribution in [-0.4, -0.2) is 57.3 Å². The zero-order valence-electron chi connectivity index (χ0n) is 16.3. The van der Waals surface area contributed by atoms with Gasteiger partial charge in [-0.2, -0.15) is 0 Å². The van der Waals surface area contributed by atoms with Gasteiger partial charge in [0.1, 0.15) is 5.75 Å². The highest BCUT2D eigenvalue weighted by atomic mass is 32.2. The zero-order chi connectivity index (χ0) is 20.1. The number of hydrogen-bond acceptors (Lipinski definition) is 6. The molecule has 4 atom stereocenters. The standard InChI is InChI=1S/C21H29NO5S/c1-3-4-5-6-18-11-16(23)12-21(25,27-18)19-14-28-20(24)22(19)13-15-7-9-17(26-2)10-8-15/h3,7-10,16,18-19,23,25H,1,4-6,11-14H2,2H3/t16-,18?,19-,21+/m0/s1. The van der Waals surface area contributed by atoms with Crippen LogP contribution in [0.2, 0.25) is 0 Å². The largest absolute Gasteiger partial charge is 0.497 e. The van der Waals surface area contributed by atoms with Crippen molar-refractivity contribution in [1.82, 2.24) is 4.90 Å². The fourth-order valence-electron chi connectivity index (χ4n) is 3.92. The van der Waals surface area contributed by atoms with Crippen LogP contribution in [0.1, 0.15) is 37.7 Å². The number of carbonyl (C=O) groups is 1. The molecule has 0 saturated carbocycles. The predicted octanol–water partition coefficient (Wildman–Crippen LogP) is 3.32. The van der Waals surface area contributed by atoms with Gasteiger partial charge in [-0.05, 0) is 43.4 Å². The van der Waals surface area contributed by atoms with Crippen LogP contribution in [0.3, 0.4) is 0 Å². The van der Waals surface area contributed by atoms with Crippen molar-refractivity contribution >= 4 is 17.0 Å². The molecule has 6 nitrogen and oxygen atoms in total. The Hall–Kier alpha value is -1.54. The molecule has 3 rings (SSSR count). The first-order valence-corrected chi connectivity index (χ1v) is 10.7. The van der Waals surface area contributed by atoms with E-state index in [9.17, 15) is 15.0 Å². The number of thioether (sulfide) groups is 1. The first-order valence-electron chi connectivity index (χ1n) is 9.70. The lowest BCUT2D eigenvalue weighted by atomic mass is 9.91. The van der Waals surface area contributed by atoms with E-state index in [0.717, 1.165) is 30.6 Å². The molecule has 1 aromatic carbocycles. The highest BCUT2D eigenvalue weighted by Crippen LogP contribution is 2.40. The molecule has 2 fully saturated rings. The Bertz CT molecular complexity index is 682. The molecular formula is C21H29NO5S. The number of allylic oxidation sites excluding steroid dienone is 1. The summed E-state index contributed by atoms with van der Waals surface area (Å²) in [5.74, 6) is -0.345. The van der Waals surface area contributed by atoms with Crippen molar-refractivity contribution < 1.29 is 24.5 Å². The molecule has 2 saturated heterocycles. The summed E-state index contributed by atoms with van der Waals surface area (Å²) >= 11 is 1.18. The summed E-state index contributed by atoms with van der Waals surface area (Å²) in [5.41, 5.74) is 0.948. The maximum atomic E-state index is 12.5. The SMILES string of the molecule is C=CCCCC1C[C@H](O)C[C@](O)([C@@H]2CSC(=O)N2Cc2ccc(OC)cc2)O1. The van der Waals surface area contributed by atoms with Gasteiger partial charge in [0, 0.05) is 18.7 Å². The van der Waals surface area contributed by atoms with E-state index in [1.807, 2.05) is 30.3 Å². The van der Waals surface area contributed by atoms with Crippen LogP contribution in [-0.2, 0) is 11.3 Å². The van der Waals surface area contributed by atoms with Crippen molar-refractivity contribution in [3.63, 3.8) is 0 Å². The van der Waals surface area contributed by atoms with E-state index in [4.69, 9.17) is 9.47 Å². The van der Waals surface area contributed by atoms with E-state index < -0.39 is 17.9 Å². The Labute approximate surface area is 170 Å². The summed E-state index contributed by atoms with van der Waals surface area (Å²) < 4.78 is 11.2. The number of carbonyl (C=O) groups excluding carboxylic acids is 1. The minimum absolute atomic E-state index is 0.0823. The number of hydrogen-bond donors (Lipinski definition) is 2. The number of aliphatic hydroxyl groups is 2. The van der Waals surface area contributed by atoms with Crippen LogP contribution in [0.4, 0.5) is 4.79 Å². The molecule has 0 aromatic heterocycles. The van der Waals surface area contributed by atoms with Crippen molar-refractivity contribution in [2.45, 2.75) is 62.7 Å². The average Bonchev–Trinajstić information content (AvgIpc) is 3.03. The van der Waals surface area contributed by atoms with Gasteiger partial charge in [-0.3, -0.25) is 4.79 Å². The molecular weight excluding hydrogens is 378 g/mol. The highest BCUT2D eigenvalue weighted by Gasteiger charge is 2.51. The molecule has 0 spiro atoms. The number of unbranched alkanes of at least 4 members (excludes halogenated alkanes) is 1. The molecule has 2 aliphatic rings. The van der Waals surface area contributed by atoms with Gasteiger partial charge in [0.05, 0.1) is 25.4 Å². The summed E-state index contributed by atoms with van der Waals surface area (Å²) in [5, 5.41) is 21.6. The normalized spacial score (nSPS) is 30.5. The van der Waals surface area contributed by atoms with Crippen LogP contribution in [0.15, 0.2) is 36.9 Å². The lowest BCUT2D eigenvalue weighted by Gasteiger charge is -2.45. The van der Waals surface area contributed by atoms with Crippen molar-refractivity contribution in [3.05, 3.63) is 42.5 Å². The zero-order valence-corrected chi connectivity index (χ0v) is 17.1. The third-order valence-electron chi connectivity index (χ3n) is 5.38. The van der Waals surface area contributed by atoms with Gasteiger partial charge in [-0.1, -0.05) is 30.0 Å². The van der Waals surface area contributed by atoms with Gasteiger partial charge in [-0.25, -0.2) is 0 Å². The first-order chi connectivity index (χ1) is 13.4. The quantitative estimate of drug-likeness (QED) is 0.508. The molecule has 0 bridgehead atoms. The topological polar surface area (TPSA) is 79.2 Å². The number of rotatable bonds is 8. The molecule has 0 aliphatic carbocycles. The highest BCUT2D eigenvalue weighted by molar-refractivity contribution is 8.13. The first kappa shape index (κ1) is 21.2. The second kappa shape index (κ2) is 9.31. The maximum Gasteiger partial charge on any atom is 0.282 e. The number of nitrogens with zero attached hydrogens (tertiary/aromatic N) is 1. The predicted molar refractivity (Wildman–Crippen MR) is 109 cm³/mol. The molecule has 28 heavy (non-hydrogen) atoms. The minimum atomic E-state index is -1.54. The molecule has 1 aromatic rings. The summed E-state index contributed by atoms with van der Waals surface area (Å²) in [7, 11) is 1.61. The second-order valence-electron chi connectivity index (χ2n) is 7.47. The third kappa shape index (κ3) is 4.89. The van der Waals surface area contributed by atoms with Gasteiger partial charge in [-0.15, -0.1) is 6.58 Å². The molecule has 154 valence electrons. The molecule has 0 radical (unpaired) electrons. The minimum Gasteiger partial charge on any atom is -0.497 e. The average molecular weight is 408 g/mol. The third-order valence-corrected chi connectivity index (χ3v) is 6.34. The maximum absolute atomic E-state index is 12.5. The van der Waals surface area contributed by atoms with Crippen LogP contribution >= 0.6 is 11.8 Å². The van der Waals surface area contributed by atoms with E-state index in [-0.39, 0.29) is 17.8 Å². The molecule has 7 heteroatoms. The van der Waals surface area contributed by atoms with E-state index in [1.54, 1.807) is 12.0 Å². The summed E-state index contributed by atoms with van der Waals surface area (Å²) in [6.45, 7) is 4.10. The molecule has 2 aliphatic heterocycles. The Balaban J connectivity index is 1.72. The molecule has 2 N–H and O–H groups in total. The van der Waals surface area contributed by atoms with Crippen molar-refractivity contribution in [3.8, 4) is 5.75 Å². The van der Waals surface area contributed by atoms with Crippen molar-refractivity contribution in [2.24, 2.45) is 0 Å². The van der Waals surface area contributed by atoms with Gasteiger partial charge < -0.3 is 24.6 Å². The van der Waals surface area contributed by atoms with Crippen LogP contribution < -0.4 is 4.74 Å². The van der Waals surface area contributed by atoms with E-state index in [1.165, 1.54) is 11.8 Å². The lowest BCUT2D eigenvalue weighted by Crippen LogP contribution is -2.58. The summed E-state index contributed by atoms with van der Waals surface area (Å²) in [4.78, 5) is 14.2. The fraction of sp³-hybridized carbons (Fsp3) is 0.571. The molecule has 1 amide bonds. The van der Waals surface area contributed by atoms with Crippen LogP contribution in [0.25, 0.3) is 0 Å². The van der Waals surface area contributed by atoms with Crippen molar-refractivity contribution in [2.75, 3.05) is 12.9 Å². The fourth-order valence-corrected chi connectivity index (χ4v) is 5.02. The lowest BCUT2D eigenvalue weighted by molar-refractivity contribution is -0.292.